The van der Waals surface area contributed by atoms with Crippen LogP contribution in [0.3, 0.4) is 0 Å². The van der Waals surface area contributed by atoms with E-state index in [-0.39, 0.29) is 35.7 Å². The van der Waals surface area contributed by atoms with E-state index in [1.807, 2.05) is 33.0 Å². The molecule has 0 spiro atoms. The van der Waals surface area contributed by atoms with Gasteiger partial charge < -0.3 is 25.1 Å². The monoisotopic (exact) mass is 791 g/mol. The van der Waals surface area contributed by atoms with Crippen LogP contribution in [0.1, 0.15) is 131 Å². The Kier molecular flexibility index (Phi) is 18.0. The van der Waals surface area contributed by atoms with E-state index in [9.17, 15) is 24.0 Å². The summed E-state index contributed by atoms with van der Waals surface area (Å²) in [5.41, 5.74) is 5.60. The maximum atomic E-state index is 11.7. The molecule has 0 bridgehead atoms. The molecule has 0 radical (unpaired) electrons. The molecule has 57 heavy (non-hydrogen) atoms. The smallest absolute Gasteiger partial charge is 0.407 e. The number of nitrogens with one attached hydrogen (secondary N) is 5. The van der Waals surface area contributed by atoms with E-state index in [0.29, 0.717) is 37.5 Å². The highest BCUT2D eigenvalue weighted by molar-refractivity contribution is 5.97. The number of unbranched alkanes of at least 4 members (excludes halogenated alkanes) is 6. The summed E-state index contributed by atoms with van der Waals surface area (Å²) >= 11 is 0. The first kappa shape index (κ1) is 44.5. The molecule has 3 amide bonds. The van der Waals surface area contributed by atoms with E-state index in [4.69, 9.17) is 9.47 Å². The summed E-state index contributed by atoms with van der Waals surface area (Å²) in [5.74, 6) is 0.964. The first-order valence-corrected chi connectivity index (χ1v) is 20.2. The van der Waals surface area contributed by atoms with Gasteiger partial charge in [-0.3, -0.25) is 34.0 Å². The number of aryl methyl sites for hydroxylation is 3. The highest BCUT2D eigenvalue weighted by Crippen LogP contribution is 2.35. The average molecular weight is 792 g/mol. The van der Waals surface area contributed by atoms with Gasteiger partial charge >= 0.3 is 11.8 Å². The Morgan fingerprint density at radius 2 is 1.70 bits per heavy atom. The normalized spacial score (nSPS) is 16.4. The van der Waals surface area contributed by atoms with Crippen LogP contribution in [0.25, 0.3) is 11.0 Å². The van der Waals surface area contributed by atoms with Crippen molar-refractivity contribution in [2.24, 2.45) is 14.1 Å². The van der Waals surface area contributed by atoms with Crippen molar-refractivity contribution >= 4 is 41.0 Å². The van der Waals surface area contributed by atoms with Gasteiger partial charge in [0.2, 0.25) is 11.8 Å². The fourth-order valence-corrected chi connectivity index (χ4v) is 6.86. The first-order chi connectivity index (χ1) is 27.4. The highest BCUT2D eigenvalue weighted by Gasteiger charge is 2.30. The number of H-pyrrole nitrogens is 2. The summed E-state index contributed by atoms with van der Waals surface area (Å²) < 4.78 is 14.3. The van der Waals surface area contributed by atoms with Crippen LogP contribution in [0.2, 0.25) is 0 Å². The van der Waals surface area contributed by atoms with Crippen LogP contribution < -0.4 is 21.6 Å². The Morgan fingerprint density at radius 1 is 0.982 bits per heavy atom. The molecule has 2 aliphatic rings. The number of fused-ring (bicyclic) bond motifs is 1. The van der Waals surface area contributed by atoms with E-state index in [1.165, 1.54) is 44.1 Å². The molecular weight excluding hydrogens is 731 g/mol. The lowest BCUT2D eigenvalue weighted by Gasteiger charge is -2.14. The number of hydrogen-bond donors (Lipinski definition) is 5. The standard InChI is InChI=1S/C23H32N4O3.C13H22N4O2.C5H7NO2/c1-26-22-14-18(11-12-21(22)24-23(26)29)10-8-6-4-3-5-7-9-13-30-17-19-15-20(16-28)27(2)25-19;1-8(2)15-13(18)19-10-5-4-9(6-10)11-7-12(14-3)17-16-11;7-4-2-1-3-5(8)6-4/h11-12,14-16H,3-10,13,17H2,1-2H3,(H,24,29);7-10H,4-6H2,1-3H3,(H,15,18)(H2,14,16,17);1-3H2,(H,6,7,8). The number of rotatable bonds is 17. The number of alkyl carbamates (subject to hydrolysis) is 1. The van der Waals surface area contributed by atoms with Gasteiger partial charge in [-0.15, -0.1) is 0 Å². The third-order valence-corrected chi connectivity index (χ3v) is 10.0. The van der Waals surface area contributed by atoms with Crippen molar-refractivity contribution in [3.63, 3.8) is 0 Å². The maximum absolute atomic E-state index is 11.7. The minimum atomic E-state index is -0.318. The quantitative estimate of drug-likeness (QED) is 0.0483. The molecule has 1 aliphatic heterocycles. The van der Waals surface area contributed by atoms with Crippen LogP contribution in [0.4, 0.5) is 10.6 Å². The summed E-state index contributed by atoms with van der Waals surface area (Å²) in [6.07, 6.45) is 14.5. The van der Waals surface area contributed by atoms with Crippen LogP contribution in [0, 0.1) is 0 Å². The zero-order valence-electron chi connectivity index (χ0n) is 34.2. The van der Waals surface area contributed by atoms with Gasteiger partial charge in [0.15, 0.2) is 6.29 Å². The second-order valence-electron chi connectivity index (χ2n) is 15.0. The van der Waals surface area contributed by atoms with E-state index in [0.717, 1.165) is 73.2 Å². The van der Waals surface area contributed by atoms with Crippen molar-refractivity contribution in [3.05, 3.63) is 63.5 Å². The lowest BCUT2D eigenvalue weighted by Crippen LogP contribution is -2.33. The lowest BCUT2D eigenvalue weighted by atomic mass is 10.0. The summed E-state index contributed by atoms with van der Waals surface area (Å²) in [6.45, 7) is 5.03. The molecule has 2 fully saturated rings. The summed E-state index contributed by atoms with van der Waals surface area (Å²) in [7, 11) is 5.41. The Labute approximate surface area is 334 Å². The average Bonchev–Trinajstić information content (AvgIpc) is 3.98. The number of aromatic nitrogens is 6. The predicted octanol–water partition coefficient (Wildman–Crippen LogP) is 5.94. The van der Waals surface area contributed by atoms with E-state index >= 15 is 0 Å². The molecule has 1 saturated heterocycles. The SMILES string of the molecule is CNc1cc(C2CCC(OC(=O)NC(C)C)C2)[nH]n1.Cn1nc(COCCCCCCCCCc2ccc3[nH]c(=O)n(C)c3c2)cc1C=O.O=C1CCCC(=O)N1. The zero-order valence-corrected chi connectivity index (χ0v) is 34.2. The number of aromatic amines is 2. The van der Waals surface area contributed by atoms with Crippen LogP contribution in [-0.2, 0) is 46.2 Å². The number of piperidine rings is 1. The largest absolute Gasteiger partial charge is 0.446 e. The van der Waals surface area contributed by atoms with Crippen molar-refractivity contribution < 1.29 is 28.7 Å². The first-order valence-electron chi connectivity index (χ1n) is 20.2. The second-order valence-corrected chi connectivity index (χ2v) is 15.0. The molecule has 4 heterocycles. The van der Waals surface area contributed by atoms with E-state index in [1.54, 1.807) is 29.4 Å². The number of nitrogens with zero attached hydrogens (tertiary/aromatic N) is 4. The van der Waals surface area contributed by atoms with Crippen molar-refractivity contribution in [1.29, 1.82) is 0 Å². The molecule has 1 aromatic carbocycles. The zero-order chi connectivity index (χ0) is 41.2. The van der Waals surface area contributed by atoms with Gasteiger partial charge in [0, 0.05) is 64.3 Å². The van der Waals surface area contributed by atoms with Gasteiger partial charge in [-0.2, -0.15) is 10.2 Å². The Bertz CT molecular complexity index is 1930. The molecule has 16 heteroatoms. The Balaban J connectivity index is 0.000000225. The van der Waals surface area contributed by atoms with Crippen molar-refractivity contribution in [2.75, 3.05) is 19.0 Å². The molecule has 2 unspecified atom stereocenters. The highest BCUT2D eigenvalue weighted by atomic mass is 16.6. The van der Waals surface area contributed by atoms with E-state index in [2.05, 4.69) is 48.4 Å². The molecule has 5 N–H and O–H groups in total. The number of amides is 3. The number of benzene rings is 1. The van der Waals surface area contributed by atoms with Gasteiger partial charge in [0.05, 0.1) is 23.3 Å². The molecule has 6 rings (SSSR count). The van der Waals surface area contributed by atoms with Crippen LogP contribution in [-0.4, -0.2) is 79.5 Å². The third kappa shape index (κ3) is 15.0. The number of hydrogen-bond acceptors (Lipinski definition) is 10. The summed E-state index contributed by atoms with van der Waals surface area (Å²) in [5, 5.41) is 19.4. The Morgan fingerprint density at radius 3 is 2.33 bits per heavy atom. The summed E-state index contributed by atoms with van der Waals surface area (Å²) in [4.78, 5) is 57.5. The number of ether oxygens (including phenoxy) is 2. The molecule has 3 aromatic heterocycles. The van der Waals surface area contributed by atoms with Crippen molar-refractivity contribution in [1.82, 2.24) is 40.2 Å². The molecule has 1 saturated carbocycles. The molecule has 16 nitrogen and oxygen atoms in total. The van der Waals surface area contributed by atoms with Gasteiger partial charge in [0.25, 0.3) is 0 Å². The second kappa shape index (κ2) is 23.1. The lowest BCUT2D eigenvalue weighted by molar-refractivity contribution is -0.132. The topological polar surface area (TPSA) is 207 Å². The Hall–Kier alpha value is -5.25. The number of carbonyl (C=O) groups is 4. The minimum absolute atomic E-state index is 0.00471. The molecule has 4 aromatic rings. The van der Waals surface area contributed by atoms with Crippen molar-refractivity contribution in [3.8, 4) is 0 Å². The van der Waals surface area contributed by atoms with Crippen molar-refractivity contribution in [2.45, 2.75) is 128 Å². The van der Waals surface area contributed by atoms with Crippen LogP contribution >= 0.6 is 0 Å². The van der Waals surface area contributed by atoms with Crippen LogP contribution in [0.15, 0.2) is 35.1 Å². The summed E-state index contributed by atoms with van der Waals surface area (Å²) in [6, 6.07) is 10.1. The minimum Gasteiger partial charge on any atom is -0.446 e. The number of imide groups is 1. The third-order valence-electron chi connectivity index (χ3n) is 10.0. The fourth-order valence-electron chi connectivity index (χ4n) is 6.86. The number of aldehydes is 1. The van der Waals surface area contributed by atoms with Crippen LogP contribution in [0.5, 0.6) is 0 Å². The van der Waals surface area contributed by atoms with Gasteiger partial charge in [0.1, 0.15) is 17.6 Å². The fraction of sp³-hybridized carbons (Fsp3) is 0.585. The number of anilines is 1. The number of imidazole rings is 1. The number of carbonyl (C=O) groups excluding carboxylic acids is 4. The molecule has 2 atom stereocenters. The van der Waals surface area contributed by atoms with E-state index < -0.39 is 0 Å². The maximum Gasteiger partial charge on any atom is 0.407 e. The molecule has 312 valence electrons. The van der Waals surface area contributed by atoms with Gasteiger partial charge in [-0.25, -0.2) is 9.59 Å². The van der Waals surface area contributed by atoms with Gasteiger partial charge in [-0.1, -0.05) is 38.2 Å². The molecular formula is C41H61N9O7. The van der Waals surface area contributed by atoms with Gasteiger partial charge in [-0.05, 0) is 82.6 Å². The molecule has 1 aliphatic carbocycles. The predicted molar refractivity (Wildman–Crippen MR) is 218 cm³/mol.